The highest BCUT2D eigenvalue weighted by molar-refractivity contribution is 5.94. The highest BCUT2D eigenvalue weighted by atomic mass is 16.5. The number of hydrogen-bond donors (Lipinski definition) is 2. The molecule has 1 aromatic carbocycles. The van der Waals surface area contributed by atoms with Crippen molar-refractivity contribution < 1.29 is 29.0 Å². The molecular formula is C29H40N6O6. The molecule has 5 rings (SSSR count). The fourth-order valence-electron chi connectivity index (χ4n) is 5.81. The third kappa shape index (κ3) is 6.02. The van der Waals surface area contributed by atoms with Crippen LogP contribution in [0.3, 0.4) is 0 Å². The van der Waals surface area contributed by atoms with Crippen molar-refractivity contribution in [2.75, 3.05) is 27.3 Å². The van der Waals surface area contributed by atoms with Crippen molar-refractivity contribution in [3.8, 4) is 11.5 Å². The van der Waals surface area contributed by atoms with E-state index in [0.29, 0.717) is 36.9 Å². The van der Waals surface area contributed by atoms with Crippen molar-refractivity contribution in [3.05, 3.63) is 35.7 Å². The van der Waals surface area contributed by atoms with Crippen molar-refractivity contribution in [2.45, 2.75) is 83.1 Å². The molecule has 1 unspecified atom stereocenters. The number of rotatable bonds is 9. The van der Waals surface area contributed by atoms with Crippen LogP contribution in [0.25, 0.3) is 0 Å². The van der Waals surface area contributed by atoms with E-state index in [1.54, 1.807) is 29.9 Å². The van der Waals surface area contributed by atoms with Crippen LogP contribution in [0.2, 0.25) is 0 Å². The Balaban J connectivity index is 1.27. The maximum atomic E-state index is 14.0. The molecule has 1 aliphatic carbocycles. The number of likely N-dealkylation sites (tertiary alicyclic amines) is 2. The fraction of sp³-hybridized carbons (Fsp3) is 0.621. The lowest BCUT2D eigenvalue weighted by atomic mass is 9.85. The standard InChI is InChI=1S/C29H40N6O6/c1-29(2,3)25(35-16-22(31-32-35)17-6-7-17)28(39)34-15-19(36)12-23(34)26(37)30-21-10-11-33(27(21)38)14-18-8-9-20(40-4)13-24(18)41-5/h8-9,13,16-17,19,21,23,25,36H,6-7,10-12,14-15H2,1-5H3,(H,30,37)/t19-,21?,23+,25-/m1/s1. The third-order valence-corrected chi connectivity index (χ3v) is 8.18. The van der Waals surface area contributed by atoms with Gasteiger partial charge in [0, 0.05) is 49.8 Å². The molecule has 12 heteroatoms. The van der Waals surface area contributed by atoms with E-state index in [0.717, 1.165) is 24.1 Å². The van der Waals surface area contributed by atoms with E-state index in [-0.39, 0.29) is 24.8 Å². The molecule has 2 N–H and O–H groups in total. The molecule has 2 aliphatic heterocycles. The molecule has 222 valence electrons. The molecule has 0 radical (unpaired) electrons. The van der Waals surface area contributed by atoms with Crippen LogP contribution in [0.1, 0.15) is 69.7 Å². The number of carbonyl (C=O) groups is 3. The van der Waals surface area contributed by atoms with E-state index in [1.165, 1.54) is 4.90 Å². The van der Waals surface area contributed by atoms with E-state index in [9.17, 15) is 19.5 Å². The fourth-order valence-corrected chi connectivity index (χ4v) is 5.81. The summed E-state index contributed by atoms with van der Waals surface area (Å²) >= 11 is 0. The van der Waals surface area contributed by atoms with Crippen molar-refractivity contribution in [1.82, 2.24) is 30.1 Å². The number of carbonyl (C=O) groups excluding carboxylic acids is 3. The van der Waals surface area contributed by atoms with Crippen molar-refractivity contribution in [2.24, 2.45) is 5.41 Å². The Hall–Kier alpha value is -3.67. The lowest BCUT2D eigenvalue weighted by molar-refractivity contribution is -0.144. The van der Waals surface area contributed by atoms with Gasteiger partial charge in [-0.1, -0.05) is 26.0 Å². The monoisotopic (exact) mass is 568 g/mol. The molecule has 41 heavy (non-hydrogen) atoms. The van der Waals surface area contributed by atoms with Gasteiger partial charge in [-0.05, 0) is 36.8 Å². The largest absolute Gasteiger partial charge is 0.497 e. The average molecular weight is 569 g/mol. The van der Waals surface area contributed by atoms with Gasteiger partial charge in [-0.2, -0.15) is 0 Å². The number of ether oxygens (including phenoxy) is 2. The van der Waals surface area contributed by atoms with Gasteiger partial charge in [0.1, 0.15) is 29.6 Å². The number of amides is 3. The summed E-state index contributed by atoms with van der Waals surface area (Å²) in [7, 11) is 3.14. The second kappa shape index (κ2) is 11.3. The van der Waals surface area contributed by atoms with Gasteiger partial charge < -0.3 is 29.7 Å². The second-order valence-electron chi connectivity index (χ2n) is 12.3. The molecule has 1 saturated carbocycles. The Morgan fingerprint density at radius 3 is 2.59 bits per heavy atom. The minimum Gasteiger partial charge on any atom is -0.497 e. The smallest absolute Gasteiger partial charge is 0.248 e. The normalized spacial score (nSPS) is 23.6. The molecule has 2 aromatic rings. The summed E-state index contributed by atoms with van der Waals surface area (Å²) in [6, 6.07) is 3.13. The summed E-state index contributed by atoms with van der Waals surface area (Å²) in [6.45, 7) is 6.67. The van der Waals surface area contributed by atoms with Gasteiger partial charge in [-0.15, -0.1) is 5.10 Å². The van der Waals surface area contributed by atoms with Crippen molar-refractivity contribution in [1.29, 1.82) is 0 Å². The molecule has 3 fully saturated rings. The van der Waals surface area contributed by atoms with Gasteiger partial charge in [0.2, 0.25) is 17.7 Å². The van der Waals surface area contributed by atoms with Crippen molar-refractivity contribution in [3.63, 3.8) is 0 Å². The van der Waals surface area contributed by atoms with Gasteiger partial charge in [0.15, 0.2) is 0 Å². The molecule has 12 nitrogen and oxygen atoms in total. The number of aliphatic hydroxyl groups is 1. The summed E-state index contributed by atoms with van der Waals surface area (Å²) in [5.74, 6) is 0.719. The number of aliphatic hydroxyl groups excluding tert-OH is 1. The number of aromatic nitrogens is 3. The zero-order chi connectivity index (χ0) is 29.5. The van der Waals surface area contributed by atoms with E-state index >= 15 is 0 Å². The van der Waals surface area contributed by atoms with E-state index in [2.05, 4.69) is 15.6 Å². The van der Waals surface area contributed by atoms with Gasteiger partial charge >= 0.3 is 0 Å². The number of benzene rings is 1. The highest BCUT2D eigenvalue weighted by Gasteiger charge is 2.46. The number of nitrogens with one attached hydrogen (secondary N) is 1. The first-order valence-corrected chi connectivity index (χ1v) is 14.2. The quantitative estimate of drug-likeness (QED) is 0.466. The van der Waals surface area contributed by atoms with Crippen molar-refractivity contribution >= 4 is 17.7 Å². The number of methoxy groups -OCH3 is 2. The summed E-state index contributed by atoms with van der Waals surface area (Å²) in [4.78, 5) is 43.8. The van der Waals surface area contributed by atoms with Gasteiger partial charge in [0.05, 0.1) is 26.0 Å². The number of nitrogens with zero attached hydrogens (tertiary/aromatic N) is 5. The molecule has 1 aromatic heterocycles. The lowest BCUT2D eigenvalue weighted by Gasteiger charge is -2.34. The lowest BCUT2D eigenvalue weighted by Crippen LogP contribution is -2.53. The first kappa shape index (κ1) is 28.8. The second-order valence-corrected chi connectivity index (χ2v) is 12.3. The average Bonchev–Trinajstić information content (AvgIpc) is 3.39. The Morgan fingerprint density at radius 2 is 1.93 bits per heavy atom. The maximum Gasteiger partial charge on any atom is 0.248 e. The minimum atomic E-state index is -0.891. The van der Waals surface area contributed by atoms with Gasteiger partial charge in [-0.25, -0.2) is 4.68 Å². The molecule has 4 atom stereocenters. The van der Waals surface area contributed by atoms with Gasteiger partial charge in [-0.3, -0.25) is 14.4 Å². The summed E-state index contributed by atoms with van der Waals surface area (Å²) in [5, 5.41) is 21.9. The van der Waals surface area contributed by atoms with Crippen LogP contribution in [0.5, 0.6) is 11.5 Å². The minimum absolute atomic E-state index is 0.0374. The first-order valence-electron chi connectivity index (χ1n) is 14.2. The zero-order valence-electron chi connectivity index (χ0n) is 24.4. The molecular weight excluding hydrogens is 528 g/mol. The molecule has 0 spiro atoms. The summed E-state index contributed by atoms with van der Waals surface area (Å²) in [6.07, 6.45) is 3.67. The SMILES string of the molecule is COc1ccc(CN2CCC(NC(=O)[C@@H]3C[C@@H](O)CN3C(=O)[C@@H](n3cc(C4CC4)nn3)C(C)(C)C)C2=O)c(OC)c1. The van der Waals surface area contributed by atoms with Crippen LogP contribution < -0.4 is 14.8 Å². The number of β-amino-alcohol motifs (C(OH)–C–C–N with tert-alkyl or cyclic N) is 1. The predicted octanol–water partition coefficient (Wildman–Crippen LogP) is 1.64. The van der Waals surface area contributed by atoms with Crippen LogP contribution >= 0.6 is 0 Å². The molecule has 3 amide bonds. The van der Waals surface area contributed by atoms with Crippen LogP contribution in [0, 0.1) is 5.41 Å². The van der Waals surface area contributed by atoms with Crippen LogP contribution in [-0.2, 0) is 20.9 Å². The molecule has 3 aliphatic rings. The first-order chi connectivity index (χ1) is 19.5. The highest BCUT2D eigenvalue weighted by Crippen LogP contribution is 2.40. The van der Waals surface area contributed by atoms with E-state index in [4.69, 9.17) is 9.47 Å². The predicted molar refractivity (Wildman–Crippen MR) is 148 cm³/mol. The summed E-state index contributed by atoms with van der Waals surface area (Å²) < 4.78 is 12.3. The maximum absolute atomic E-state index is 14.0. The Labute approximate surface area is 240 Å². The van der Waals surface area contributed by atoms with Crippen LogP contribution in [0.4, 0.5) is 0 Å². The van der Waals surface area contributed by atoms with E-state index in [1.807, 2.05) is 39.1 Å². The Bertz CT molecular complexity index is 1300. The summed E-state index contributed by atoms with van der Waals surface area (Å²) in [5.41, 5.74) is 1.18. The van der Waals surface area contributed by atoms with E-state index < -0.39 is 35.6 Å². The zero-order valence-corrected chi connectivity index (χ0v) is 24.4. The topological polar surface area (TPSA) is 139 Å². The molecule has 3 heterocycles. The Kier molecular flexibility index (Phi) is 7.95. The van der Waals surface area contributed by atoms with Gasteiger partial charge in [0.25, 0.3) is 0 Å². The third-order valence-electron chi connectivity index (χ3n) is 8.18. The Morgan fingerprint density at radius 1 is 1.17 bits per heavy atom. The molecule has 0 bridgehead atoms. The number of hydrogen-bond acceptors (Lipinski definition) is 8. The van der Waals surface area contributed by atoms with Crippen LogP contribution in [-0.4, -0.2) is 93.1 Å². The molecule has 2 saturated heterocycles. The van der Waals surface area contributed by atoms with Crippen LogP contribution in [0.15, 0.2) is 24.4 Å².